The summed E-state index contributed by atoms with van der Waals surface area (Å²) < 4.78 is 24.1. The molecule has 28 heavy (non-hydrogen) atoms. The van der Waals surface area contributed by atoms with Crippen LogP contribution < -0.4 is 5.32 Å². The van der Waals surface area contributed by atoms with Crippen LogP contribution in [-0.2, 0) is 9.84 Å². The molecule has 1 amide bonds. The highest BCUT2D eigenvalue weighted by molar-refractivity contribution is 7.90. The van der Waals surface area contributed by atoms with Crippen molar-refractivity contribution in [2.24, 2.45) is 0 Å². The number of carbonyl (C=O) groups is 1. The third-order valence-electron chi connectivity index (χ3n) is 4.27. The summed E-state index contributed by atoms with van der Waals surface area (Å²) in [7, 11) is -3.47. The summed E-state index contributed by atoms with van der Waals surface area (Å²) in [6, 6.07) is 19.4. The van der Waals surface area contributed by atoms with E-state index in [1.807, 2.05) is 41.8 Å². The number of pyridine rings is 1. The summed E-state index contributed by atoms with van der Waals surface area (Å²) in [6.07, 6.45) is 1.12. The standard InChI is InChI=1S/C21H16N2O3S2/c1-28(25,26)20-11-5-4-9-17(20)23-21(24)15-13-18(19-10-6-12-27-19)22-16-8-3-2-7-14(15)16/h2-13H,1H3,(H,23,24). The van der Waals surface area contributed by atoms with Crippen molar-refractivity contribution in [3.05, 3.63) is 77.7 Å². The number of carbonyl (C=O) groups excluding carboxylic acids is 1. The number of rotatable bonds is 4. The molecule has 0 fully saturated rings. The van der Waals surface area contributed by atoms with Gasteiger partial charge in [-0.25, -0.2) is 13.4 Å². The van der Waals surface area contributed by atoms with Crippen molar-refractivity contribution in [1.29, 1.82) is 0 Å². The van der Waals surface area contributed by atoms with Crippen molar-refractivity contribution in [1.82, 2.24) is 4.98 Å². The van der Waals surface area contributed by atoms with Crippen molar-refractivity contribution in [3.63, 3.8) is 0 Å². The van der Waals surface area contributed by atoms with Gasteiger partial charge in [-0.3, -0.25) is 4.79 Å². The first-order valence-corrected chi connectivity index (χ1v) is 11.2. The first-order valence-electron chi connectivity index (χ1n) is 8.47. The number of sulfone groups is 1. The number of amides is 1. The lowest BCUT2D eigenvalue weighted by Crippen LogP contribution is -2.15. The van der Waals surface area contributed by atoms with Gasteiger partial charge in [0.1, 0.15) is 0 Å². The average Bonchev–Trinajstić information content (AvgIpc) is 3.21. The minimum atomic E-state index is -3.47. The van der Waals surface area contributed by atoms with E-state index in [-0.39, 0.29) is 16.5 Å². The van der Waals surface area contributed by atoms with Crippen LogP contribution in [0.2, 0.25) is 0 Å². The average molecular weight is 409 g/mol. The van der Waals surface area contributed by atoms with Crippen LogP contribution in [0, 0.1) is 0 Å². The first kappa shape index (κ1) is 18.3. The smallest absolute Gasteiger partial charge is 0.256 e. The van der Waals surface area contributed by atoms with Gasteiger partial charge in [0.15, 0.2) is 9.84 Å². The summed E-state index contributed by atoms with van der Waals surface area (Å²) in [4.78, 5) is 18.8. The molecule has 0 radical (unpaired) electrons. The Balaban J connectivity index is 1.82. The Morgan fingerprint density at radius 3 is 2.50 bits per heavy atom. The zero-order chi connectivity index (χ0) is 19.7. The molecule has 4 aromatic rings. The highest BCUT2D eigenvalue weighted by Gasteiger charge is 2.18. The van der Waals surface area contributed by atoms with Gasteiger partial charge in [0.25, 0.3) is 5.91 Å². The monoisotopic (exact) mass is 408 g/mol. The van der Waals surface area contributed by atoms with E-state index in [0.29, 0.717) is 22.2 Å². The number of fused-ring (bicyclic) bond motifs is 1. The van der Waals surface area contributed by atoms with E-state index in [1.54, 1.807) is 35.6 Å². The van der Waals surface area contributed by atoms with Gasteiger partial charge in [-0.2, -0.15) is 0 Å². The minimum absolute atomic E-state index is 0.0835. The van der Waals surface area contributed by atoms with Crippen molar-refractivity contribution in [2.45, 2.75) is 4.90 Å². The molecule has 0 spiro atoms. The molecule has 1 N–H and O–H groups in total. The number of aromatic nitrogens is 1. The Bertz CT molecular complexity index is 1280. The zero-order valence-corrected chi connectivity index (χ0v) is 16.5. The van der Waals surface area contributed by atoms with Crippen molar-refractivity contribution in [3.8, 4) is 10.6 Å². The summed E-state index contributed by atoms with van der Waals surface area (Å²) in [5.74, 6) is -0.382. The van der Waals surface area contributed by atoms with Gasteiger partial charge in [0.05, 0.1) is 32.2 Å². The predicted molar refractivity (Wildman–Crippen MR) is 113 cm³/mol. The molecule has 0 bridgehead atoms. The molecule has 2 aromatic heterocycles. The first-order chi connectivity index (χ1) is 13.4. The number of hydrogen-bond acceptors (Lipinski definition) is 5. The second-order valence-corrected chi connectivity index (χ2v) is 9.20. The highest BCUT2D eigenvalue weighted by Crippen LogP contribution is 2.29. The molecule has 2 aromatic carbocycles. The molecule has 0 aliphatic rings. The number of anilines is 1. The van der Waals surface area contributed by atoms with Crippen LogP contribution in [0.4, 0.5) is 5.69 Å². The second kappa shape index (κ2) is 7.18. The van der Waals surface area contributed by atoms with Gasteiger partial charge in [0.2, 0.25) is 0 Å². The summed E-state index contributed by atoms with van der Waals surface area (Å²) in [6.45, 7) is 0. The Labute approximate surface area is 166 Å². The third-order valence-corrected chi connectivity index (χ3v) is 6.32. The van der Waals surface area contributed by atoms with Gasteiger partial charge >= 0.3 is 0 Å². The fourth-order valence-corrected chi connectivity index (χ4v) is 4.53. The molecule has 0 unspecified atom stereocenters. The van der Waals surface area contributed by atoms with Gasteiger partial charge in [-0.05, 0) is 35.7 Å². The third kappa shape index (κ3) is 3.54. The van der Waals surface area contributed by atoms with Crippen LogP contribution in [0.5, 0.6) is 0 Å². The van der Waals surface area contributed by atoms with E-state index < -0.39 is 9.84 Å². The quantitative estimate of drug-likeness (QED) is 0.535. The Morgan fingerprint density at radius 2 is 1.75 bits per heavy atom. The number of para-hydroxylation sites is 2. The number of hydrogen-bond donors (Lipinski definition) is 1. The molecular formula is C21H16N2O3S2. The highest BCUT2D eigenvalue weighted by atomic mass is 32.2. The molecule has 7 heteroatoms. The predicted octanol–water partition coefficient (Wildman–Crippen LogP) is 4.62. The summed E-state index contributed by atoms with van der Waals surface area (Å²) in [5.41, 5.74) is 2.11. The number of benzene rings is 2. The van der Waals surface area contributed by atoms with Crippen LogP contribution in [0.15, 0.2) is 77.0 Å². The molecule has 0 atom stereocenters. The minimum Gasteiger partial charge on any atom is -0.321 e. The molecule has 140 valence electrons. The molecule has 5 nitrogen and oxygen atoms in total. The molecule has 0 aliphatic carbocycles. The van der Waals surface area contributed by atoms with Gasteiger partial charge in [0, 0.05) is 11.6 Å². The maximum absolute atomic E-state index is 13.1. The van der Waals surface area contributed by atoms with Gasteiger partial charge in [-0.15, -0.1) is 11.3 Å². The van der Waals surface area contributed by atoms with Crippen LogP contribution in [0.1, 0.15) is 10.4 Å². The van der Waals surface area contributed by atoms with Crippen molar-refractivity contribution in [2.75, 3.05) is 11.6 Å². The summed E-state index contributed by atoms with van der Waals surface area (Å²) in [5, 5.41) is 5.41. The van der Waals surface area contributed by atoms with E-state index in [9.17, 15) is 13.2 Å². The van der Waals surface area contributed by atoms with Crippen LogP contribution >= 0.6 is 11.3 Å². The van der Waals surface area contributed by atoms with E-state index in [4.69, 9.17) is 0 Å². The Hall–Kier alpha value is -3.03. The number of nitrogens with zero attached hydrogens (tertiary/aromatic N) is 1. The van der Waals surface area contributed by atoms with Crippen molar-refractivity contribution < 1.29 is 13.2 Å². The lowest BCUT2D eigenvalue weighted by molar-refractivity contribution is 0.102. The largest absolute Gasteiger partial charge is 0.321 e. The van der Waals surface area contributed by atoms with Crippen LogP contribution in [-0.4, -0.2) is 25.6 Å². The Morgan fingerprint density at radius 1 is 1.00 bits per heavy atom. The van der Waals surface area contributed by atoms with Gasteiger partial charge < -0.3 is 5.32 Å². The lowest BCUT2D eigenvalue weighted by Gasteiger charge is -2.12. The fourth-order valence-electron chi connectivity index (χ4n) is 3.00. The lowest BCUT2D eigenvalue weighted by atomic mass is 10.1. The maximum Gasteiger partial charge on any atom is 0.256 e. The van der Waals surface area contributed by atoms with Crippen LogP contribution in [0.25, 0.3) is 21.5 Å². The molecule has 0 saturated heterocycles. The topological polar surface area (TPSA) is 76.1 Å². The molecule has 4 rings (SSSR count). The molecule has 0 saturated carbocycles. The fraction of sp³-hybridized carbons (Fsp3) is 0.0476. The zero-order valence-electron chi connectivity index (χ0n) is 14.9. The number of thiophene rings is 1. The normalized spacial score (nSPS) is 11.5. The Kier molecular flexibility index (Phi) is 4.70. The summed E-state index contributed by atoms with van der Waals surface area (Å²) >= 11 is 1.54. The van der Waals surface area contributed by atoms with Gasteiger partial charge in [-0.1, -0.05) is 36.4 Å². The number of nitrogens with one attached hydrogen (secondary N) is 1. The van der Waals surface area contributed by atoms with E-state index in [2.05, 4.69) is 10.3 Å². The SMILES string of the molecule is CS(=O)(=O)c1ccccc1NC(=O)c1cc(-c2cccs2)nc2ccccc12. The van der Waals surface area contributed by atoms with E-state index in [1.165, 1.54) is 6.07 Å². The van der Waals surface area contributed by atoms with Crippen molar-refractivity contribution >= 4 is 43.7 Å². The van der Waals surface area contributed by atoms with E-state index >= 15 is 0 Å². The molecule has 0 aliphatic heterocycles. The second-order valence-electron chi connectivity index (χ2n) is 6.27. The molecule has 2 heterocycles. The van der Waals surface area contributed by atoms with E-state index in [0.717, 1.165) is 11.1 Å². The van der Waals surface area contributed by atoms with Crippen LogP contribution in [0.3, 0.4) is 0 Å². The molecular weight excluding hydrogens is 392 g/mol. The maximum atomic E-state index is 13.1.